The van der Waals surface area contributed by atoms with Crippen LogP contribution >= 0.6 is 11.6 Å². The van der Waals surface area contributed by atoms with E-state index in [0.717, 1.165) is 11.1 Å². The Bertz CT molecular complexity index is 921. The highest BCUT2D eigenvalue weighted by atomic mass is 35.5. The summed E-state index contributed by atoms with van der Waals surface area (Å²) < 4.78 is 5.40. The number of nitrogens with zero attached hydrogens (tertiary/aromatic N) is 1. The summed E-state index contributed by atoms with van der Waals surface area (Å²) in [6, 6.07) is 13.2. The van der Waals surface area contributed by atoms with Gasteiger partial charge in [0.2, 0.25) is 11.8 Å². The highest BCUT2D eigenvalue weighted by Crippen LogP contribution is 2.32. The maximum absolute atomic E-state index is 12.9. The Morgan fingerprint density at radius 3 is 2.62 bits per heavy atom. The summed E-state index contributed by atoms with van der Waals surface area (Å²) in [6.45, 7) is 7.12. The van der Waals surface area contributed by atoms with E-state index < -0.39 is 5.92 Å². The second-order valence-electron chi connectivity index (χ2n) is 8.42. The van der Waals surface area contributed by atoms with Gasteiger partial charge in [0.15, 0.2) is 0 Å². The van der Waals surface area contributed by atoms with Crippen molar-refractivity contribution in [3.05, 3.63) is 58.6 Å². The highest BCUT2D eigenvalue weighted by molar-refractivity contribution is 6.31. The van der Waals surface area contributed by atoms with Gasteiger partial charge < -0.3 is 15.0 Å². The van der Waals surface area contributed by atoms with Crippen molar-refractivity contribution < 1.29 is 14.3 Å². The van der Waals surface area contributed by atoms with Crippen LogP contribution in [0.25, 0.3) is 0 Å². The van der Waals surface area contributed by atoms with E-state index in [4.69, 9.17) is 16.3 Å². The predicted molar refractivity (Wildman–Crippen MR) is 115 cm³/mol. The summed E-state index contributed by atoms with van der Waals surface area (Å²) in [5, 5.41) is 3.59. The lowest BCUT2D eigenvalue weighted by molar-refractivity contribution is -0.128. The molecule has 1 atom stereocenters. The van der Waals surface area contributed by atoms with Gasteiger partial charge in [0.05, 0.1) is 18.7 Å². The number of ether oxygens (including phenoxy) is 1. The van der Waals surface area contributed by atoms with Crippen molar-refractivity contribution in [2.24, 2.45) is 5.92 Å². The van der Waals surface area contributed by atoms with Crippen molar-refractivity contribution >= 4 is 29.1 Å². The number of hydrogen-bond acceptors (Lipinski definition) is 3. The SMILES string of the molecule is COc1ccc(C(C)(C)C)cc1NC(=O)C1CC(=O)N(Cc2ccccc2Cl)C1. The van der Waals surface area contributed by atoms with Crippen LogP contribution in [0.15, 0.2) is 42.5 Å². The smallest absolute Gasteiger partial charge is 0.229 e. The van der Waals surface area contributed by atoms with Crippen molar-refractivity contribution in [2.45, 2.75) is 39.2 Å². The van der Waals surface area contributed by atoms with Crippen LogP contribution < -0.4 is 10.1 Å². The Kier molecular flexibility index (Phi) is 6.18. The summed E-state index contributed by atoms with van der Waals surface area (Å²) in [6.07, 6.45) is 0.192. The standard InChI is InChI=1S/C23H27ClN2O3/c1-23(2,3)17-9-10-20(29-4)19(12-17)25-22(28)16-11-21(27)26(14-16)13-15-7-5-6-8-18(15)24/h5-10,12,16H,11,13-14H2,1-4H3,(H,25,28). The van der Waals surface area contributed by atoms with Crippen LogP contribution in [0, 0.1) is 5.92 Å². The monoisotopic (exact) mass is 414 g/mol. The number of carbonyl (C=O) groups excluding carboxylic acids is 2. The molecule has 0 aliphatic carbocycles. The summed E-state index contributed by atoms with van der Waals surface area (Å²) >= 11 is 6.21. The summed E-state index contributed by atoms with van der Waals surface area (Å²) in [7, 11) is 1.58. The molecule has 1 fully saturated rings. The van der Waals surface area contributed by atoms with Crippen LogP contribution in [-0.2, 0) is 21.5 Å². The number of methoxy groups -OCH3 is 1. The lowest BCUT2D eigenvalue weighted by Gasteiger charge is -2.22. The van der Waals surface area contributed by atoms with Gasteiger partial charge in [0.25, 0.3) is 0 Å². The van der Waals surface area contributed by atoms with Crippen molar-refractivity contribution in [3.8, 4) is 5.75 Å². The third-order valence-electron chi connectivity index (χ3n) is 5.23. The van der Waals surface area contributed by atoms with E-state index in [-0.39, 0.29) is 23.7 Å². The first kappa shape index (κ1) is 21.2. The minimum Gasteiger partial charge on any atom is -0.495 e. The highest BCUT2D eigenvalue weighted by Gasteiger charge is 2.35. The van der Waals surface area contributed by atoms with Gasteiger partial charge in [0, 0.05) is 24.5 Å². The minimum absolute atomic E-state index is 0.0412. The Hall–Kier alpha value is -2.53. The normalized spacial score (nSPS) is 16.8. The quantitative estimate of drug-likeness (QED) is 0.775. The summed E-state index contributed by atoms with van der Waals surface area (Å²) in [4.78, 5) is 27.0. The molecule has 0 aromatic heterocycles. The molecule has 3 rings (SSSR count). The van der Waals surface area contributed by atoms with E-state index in [9.17, 15) is 9.59 Å². The van der Waals surface area contributed by atoms with Crippen molar-refractivity contribution in [3.63, 3.8) is 0 Å². The zero-order valence-corrected chi connectivity index (χ0v) is 18.0. The van der Waals surface area contributed by atoms with Crippen LogP contribution in [0.2, 0.25) is 5.02 Å². The number of rotatable bonds is 5. The number of anilines is 1. The maximum atomic E-state index is 12.9. The molecule has 1 aliphatic rings. The number of likely N-dealkylation sites (tertiary alicyclic amines) is 1. The van der Waals surface area contributed by atoms with Crippen molar-refractivity contribution in [1.29, 1.82) is 0 Å². The maximum Gasteiger partial charge on any atom is 0.229 e. The van der Waals surface area contributed by atoms with Gasteiger partial charge in [-0.15, -0.1) is 0 Å². The second-order valence-corrected chi connectivity index (χ2v) is 8.83. The molecule has 1 aliphatic heterocycles. The van der Waals surface area contributed by atoms with Gasteiger partial charge in [0.1, 0.15) is 5.75 Å². The molecule has 29 heavy (non-hydrogen) atoms. The molecule has 2 aromatic carbocycles. The van der Waals surface area contributed by atoms with Crippen LogP contribution in [0.1, 0.15) is 38.3 Å². The molecule has 1 unspecified atom stereocenters. The average molecular weight is 415 g/mol. The number of hydrogen-bond donors (Lipinski definition) is 1. The molecule has 0 spiro atoms. The molecule has 0 radical (unpaired) electrons. The van der Waals surface area contributed by atoms with Gasteiger partial charge >= 0.3 is 0 Å². The lowest BCUT2D eigenvalue weighted by atomic mass is 9.86. The first-order chi connectivity index (χ1) is 13.7. The molecule has 6 heteroatoms. The largest absolute Gasteiger partial charge is 0.495 e. The third-order valence-corrected chi connectivity index (χ3v) is 5.60. The first-order valence-corrected chi connectivity index (χ1v) is 10.1. The van der Waals surface area contributed by atoms with Crippen LogP contribution in [-0.4, -0.2) is 30.4 Å². The van der Waals surface area contributed by atoms with E-state index in [2.05, 4.69) is 26.1 Å². The zero-order chi connectivity index (χ0) is 21.2. The number of benzene rings is 2. The first-order valence-electron chi connectivity index (χ1n) is 9.69. The van der Waals surface area contributed by atoms with Crippen LogP contribution in [0.3, 0.4) is 0 Å². The summed E-state index contributed by atoms with van der Waals surface area (Å²) in [5.41, 5.74) is 2.54. The van der Waals surface area contributed by atoms with Gasteiger partial charge in [-0.25, -0.2) is 0 Å². The van der Waals surface area contributed by atoms with E-state index >= 15 is 0 Å². The molecule has 2 aromatic rings. The van der Waals surface area contributed by atoms with Gasteiger partial charge in [-0.3, -0.25) is 9.59 Å². The van der Waals surface area contributed by atoms with Gasteiger partial charge in [-0.2, -0.15) is 0 Å². The van der Waals surface area contributed by atoms with Gasteiger partial charge in [-0.05, 0) is 34.7 Å². The number of carbonyl (C=O) groups is 2. The van der Waals surface area contributed by atoms with E-state index in [1.807, 2.05) is 36.4 Å². The van der Waals surface area contributed by atoms with Crippen molar-refractivity contribution in [2.75, 3.05) is 19.0 Å². The number of amides is 2. The van der Waals surface area contributed by atoms with E-state index in [1.54, 1.807) is 18.1 Å². The van der Waals surface area contributed by atoms with Gasteiger partial charge in [-0.1, -0.05) is 56.6 Å². The van der Waals surface area contributed by atoms with E-state index in [1.165, 1.54) is 0 Å². The molecule has 5 nitrogen and oxygen atoms in total. The second kappa shape index (κ2) is 8.46. The molecule has 0 saturated carbocycles. The average Bonchev–Trinajstić information content (AvgIpc) is 3.03. The molecular weight excluding hydrogens is 388 g/mol. The minimum atomic E-state index is -0.409. The van der Waals surface area contributed by atoms with Crippen LogP contribution in [0.4, 0.5) is 5.69 Å². The number of halogens is 1. The fraction of sp³-hybridized carbons (Fsp3) is 0.391. The molecular formula is C23H27ClN2O3. The Morgan fingerprint density at radius 2 is 1.97 bits per heavy atom. The topological polar surface area (TPSA) is 58.6 Å². The molecule has 1 N–H and O–H groups in total. The summed E-state index contributed by atoms with van der Waals surface area (Å²) in [5.74, 6) is -0.0265. The third kappa shape index (κ3) is 4.91. The molecule has 2 amide bonds. The number of nitrogens with one attached hydrogen (secondary N) is 1. The zero-order valence-electron chi connectivity index (χ0n) is 17.3. The van der Waals surface area contributed by atoms with Crippen LogP contribution in [0.5, 0.6) is 5.75 Å². The molecule has 0 bridgehead atoms. The molecule has 1 saturated heterocycles. The fourth-order valence-corrected chi connectivity index (χ4v) is 3.64. The van der Waals surface area contributed by atoms with E-state index in [0.29, 0.717) is 29.5 Å². The Labute approximate surface area is 177 Å². The van der Waals surface area contributed by atoms with Crippen molar-refractivity contribution in [1.82, 2.24) is 4.90 Å². The lowest BCUT2D eigenvalue weighted by Crippen LogP contribution is -2.28. The Morgan fingerprint density at radius 1 is 1.24 bits per heavy atom. The fourth-order valence-electron chi connectivity index (χ4n) is 3.44. The predicted octanol–water partition coefficient (Wildman–Crippen LogP) is 4.63. The molecule has 154 valence electrons. The molecule has 1 heterocycles. The Balaban J connectivity index is 1.72.